The zero-order valence-corrected chi connectivity index (χ0v) is 16.9. The Morgan fingerprint density at radius 3 is 2.63 bits per heavy atom. The van der Waals surface area contributed by atoms with E-state index >= 15 is 0 Å². The van der Waals surface area contributed by atoms with Crippen molar-refractivity contribution in [2.45, 2.75) is 12.6 Å². The molecule has 2 aromatic carbocycles. The monoisotopic (exact) mass is 435 g/mol. The molecule has 3 rings (SSSR count). The Kier molecular flexibility index (Phi) is 7.02. The number of ether oxygens (including phenoxy) is 1. The number of aromatic nitrogens is 2. The van der Waals surface area contributed by atoms with E-state index in [1.54, 1.807) is 31.4 Å². The number of H-pyrrole nitrogens is 1. The van der Waals surface area contributed by atoms with Crippen molar-refractivity contribution in [2.24, 2.45) is 0 Å². The molecule has 0 spiro atoms. The van der Waals surface area contributed by atoms with Crippen LogP contribution >= 0.6 is 11.6 Å². The molecule has 0 aliphatic rings. The first-order valence-corrected chi connectivity index (χ1v) is 9.46. The topological polar surface area (TPSA) is 78.5 Å². The molecule has 6 nitrogen and oxygen atoms in total. The molecule has 0 bridgehead atoms. The smallest absolute Gasteiger partial charge is 0.272 e. The summed E-state index contributed by atoms with van der Waals surface area (Å²) in [7, 11) is 1.55. The number of nitrogens with zero attached hydrogens (tertiary/aromatic N) is 2. The van der Waals surface area contributed by atoms with E-state index in [1.165, 1.54) is 29.2 Å². The molecule has 1 atom stereocenters. The van der Waals surface area contributed by atoms with E-state index in [2.05, 4.69) is 10.2 Å². The van der Waals surface area contributed by atoms with Crippen molar-refractivity contribution < 1.29 is 23.4 Å². The fraction of sp³-hybridized carbons (Fsp3) is 0.238. The fourth-order valence-corrected chi connectivity index (χ4v) is 3.06. The molecule has 0 aliphatic heterocycles. The number of benzene rings is 2. The van der Waals surface area contributed by atoms with Gasteiger partial charge >= 0.3 is 0 Å². The molecule has 3 aromatic rings. The van der Waals surface area contributed by atoms with Gasteiger partial charge in [-0.15, -0.1) is 0 Å². The summed E-state index contributed by atoms with van der Waals surface area (Å²) in [5.74, 6) is -0.361. The largest absolute Gasteiger partial charge is 0.497 e. The minimum atomic E-state index is -1.31. The lowest BCUT2D eigenvalue weighted by Gasteiger charge is -2.24. The molecule has 0 radical (unpaired) electrons. The SMILES string of the molecule is COc1ccc(CN(CC(O)CF)C(=O)c2cc(-c3ccc(F)c(Cl)c3)n[nH]2)cc1. The molecule has 30 heavy (non-hydrogen) atoms. The summed E-state index contributed by atoms with van der Waals surface area (Å²) in [6, 6.07) is 12.7. The molecule has 0 fully saturated rings. The number of hydrogen-bond donors (Lipinski definition) is 2. The number of rotatable bonds is 8. The normalized spacial score (nSPS) is 11.9. The van der Waals surface area contributed by atoms with E-state index < -0.39 is 24.5 Å². The molecular formula is C21H20ClF2N3O3. The standard InChI is InChI=1S/C21H20ClF2N3O3/c1-30-16-5-2-13(3-6-16)11-27(12-15(28)10-23)21(29)20-9-19(25-26-20)14-4-7-18(24)17(22)8-14/h2-9,15,28H,10-12H2,1H3,(H,25,26). The quantitative estimate of drug-likeness (QED) is 0.563. The number of aliphatic hydroxyl groups excluding tert-OH is 1. The van der Waals surface area contributed by atoms with Crippen LogP contribution in [0.25, 0.3) is 11.3 Å². The molecule has 9 heteroatoms. The number of carbonyl (C=O) groups is 1. The molecule has 0 saturated heterocycles. The van der Waals surface area contributed by atoms with Gasteiger partial charge in [0.2, 0.25) is 0 Å². The van der Waals surface area contributed by atoms with Crippen LogP contribution in [0.4, 0.5) is 8.78 Å². The van der Waals surface area contributed by atoms with Gasteiger partial charge in [-0.3, -0.25) is 9.89 Å². The summed E-state index contributed by atoms with van der Waals surface area (Å²) in [6.07, 6.45) is -1.31. The number of aliphatic hydroxyl groups is 1. The number of carbonyl (C=O) groups excluding carboxylic acids is 1. The van der Waals surface area contributed by atoms with E-state index in [1.807, 2.05) is 0 Å². The third-order valence-corrected chi connectivity index (χ3v) is 4.74. The number of alkyl halides is 1. The van der Waals surface area contributed by atoms with Gasteiger partial charge in [0.1, 0.15) is 23.9 Å². The van der Waals surface area contributed by atoms with E-state index in [4.69, 9.17) is 16.3 Å². The average molecular weight is 436 g/mol. The first-order chi connectivity index (χ1) is 14.4. The number of amides is 1. The number of nitrogens with one attached hydrogen (secondary N) is 1. The Hall–Kier alpha value is -2.97. The molecule has 0 aliphatic carbocycles. The molecule has 1 amide bonds. The number of hydrogen-bond acceptors (Lipinski definition) is 4. The van der Waals surface area contributed by atoms with Crippen molar-refractivity contribution in [1.29, 1.82) is 0 Å². The number of methoxy groups -OCH3 is 1. The molecular weight excluding hydrogens is 416 g/mol. The highest BCUT2D eigenvalue weighted by atomic mass is 35.5. The summed E-state index contributed by atoms with van der Waals surface area (Å²) in [4.78, 5) is 14.3. The molecule has 1 heterocycles. The highest BCUT2D eigenvalue weighted by Gasteiger charge is 2.22. The van der Waals surface area contributed by atoms with Gasteiger partial charge in [0.25, 0.3) is 5.91 Å². The highest BCUT2D eigenvalue weighted by Crippen LogP contribution is 2.24. The fourth-order valence-electron chi connectivity index (χ4n) is 2.88. The highest BCUT2D eigenvalue weighted by molar-refractivity contribution is 6.31. The Bertz CT molecular complexity index is 1010. The van der Waals surface area contributed by atoms with Crippen LogP contribution in [0.3, 0.4) is 0 Å². The maximum absolute atomic E-state index is 13.4. The van der Waals surface area contributed by atoms with E-state index in [-0.39, 0.29) is 23.8 Å². The zero-order chi connectivity index (χ0) is 21.7. The minimum Gasteiger partial charge on any atom is -0.497 e. The Balaban J connectivity index is 1.83. The van der Waals surface area contributed by atoms with Crippen molar-refractivity contribution in [1.82, 2.24) is 15.1 Å². The van der Waals surface area contributed by atoms with Gasteiger partial charge < -0.3 is 14.7 Å². The molecule has 158 valence electrons. The van der Waals surface area contributed by atoms with Crippen LogP contribution in [-0.4, -0.2) is 52.5 Å². The van der Waals surface area contributed by atoms with E-state index in [9.17, 15) is 18.7 Å². The van der Waals surface area contributed by atoms with Crippen molar-refractivity contribution in [3.8, 4) is 17.0 Å². The predicted molar refractivity (Wildman–Crippen MR) is 109 cm³/mol. The van der Waals surface area contributed by atoms with Crippen LogP contribution < -0.4 is 4.74 Å². The molecule has 1 aromatic heterocycles. The van der Waals surface area contributed by atoms with Crippen molar-refractivity contribution in [3.05, 3.63) is 70.6 Å². The number of halogens is 3. The lowest BCUT2D eigenvalue weighted by atomic mass is 10.1. The minimum absolute atomic E-state index is 0.0597. The zero-order valence-electron chi connectivity index (χ0n) is 16.1. The summed E-state index contributed by atoms with van der Waals surface area (Å²) in [5, 5.41) is 16.4. The second-order valence-electron chi connectivity index (χ2n) is 6.64. The van der Waals surface area contributed by atoms with Gasteiger partial charge in [0.05, 0.1) is 23.9 Å². The third kappa shape index (κ3) is 5.14. The first kappa shape index (κ1) is 21.7. The Morgan fingerprint density at radius 2 is 2.00 bits per heavy atom. The summed E-state index contributed by atoms with van der Waals surface area (Å²) < 4.78 is 31.4. The predicted octanol–water partition coefficient (Wildman–Crippen LogP) is 3.85. The van der Waals surface area contributed by atoms with Crippen LogP contribution in [0.5, 0.6) is 5.75 Å². The summed E-state index contributed by atoms with van der Waals surface area (Å²) in [6.45, 7) is -1.02. The summed E-state index contributed by atoms with van der Waals surface area (Å²) >= 11 is 5.81. The van der Waals surface area contributed by atoms with Gasteiger partial charge in [-0.05, 0) is 42.0 Å². The van der Waals surface area contributed by atoms with Gasteiger partial charge in [-0.2, -0.15) is 5.10 Å². The maximum Gasteiger partial charge on any atom is 0.272 e. The second kappa shape index (κ2) is 9.69. The summed E-state index contributed by atoms with van der Waals surface area (Å²) in [5.41, 5.74) is 1.85. The lowest BCUT2D eigenvalue weighted by Crippen LogP contribution is -2.38. The van der Waals surface area contributed by atoms with Crippen LogP contribution in [0.15, 0.2) is 48.5 Å². The lowest BCUT2D eigenvalue weighted by molar-refractivity contribution is 0.0549. The van der Waals surface area contributed by atoms with Gasteiger partial charge in [0, 0.05) is 18.7 Å². The van der Waals surface area contributed by atoms with Gasteiger partial charge in [0.15, 0.2) is 0 Å². The van der Waals surface area contributed by atoms with Crippen LogP contribution in [0.1, 0.15) is 16.1 Å². The Morgan fingerprint density at radius 1 is 1.27 bits per heavy atom. The van der Waals surface area contributed by atoms with Crippen LogP contribution in [-0.2, 0) is 6.54 Å². The van der Waals surface area contributed by atoms with Crippen molar-refractivity contribution in [3.63, 3.8) is 0 Å². The molecule has 0 saturated carbocycles. The van der Waals surface area contributed by atoms with Crippen LogP contribution in [0.2, 0.25) is 5.02 Å². The van der Waals surface area contributed by atoms with Crippen molar-refractivity contribution >= 4 is 17.5 Å². The first-order valence-electron chi connectivity index (χ1n) is 9.08. The third-order valence-electron chi connectivity index (χ3n) is 4.45. The average Bonchev–Trinajstić information content (AvgIpc) is 3.25. The van der Waals surface area contributed by atoms with Gasteiger partial charge in [-0.25, -0.2) is 8.78 Å². The van der Waals surface area contributed by atoms with E-state index in [0.29, 0.717) is 17.0 Å². The maximum atomic E-state index is 13.4. The second-order valence-corrected chi connectivity index (χ2v) is 7.04. The van der Waals surface area contributed by atoms with Crippen molar-refractivity contribution in [2.75, 3.05) is 20.3 Å². The molecule has 2 N–H and O–H groups in total. The number of aromatic amines is 1. The van der Waals surface area contributed by atoms with Crippen LogP contribution in [0, 0.1) is 5.82 Å². The van der Waals surface area contributed by atoms with E-state index in [0.717, 1.165) is 5.56 Å². The van der Waals surface area contributed by atoms with Gasteiger partial charge in [-0.1, -0.05) is 23.7 Å². The Labute approximate surface area is 177 Å². The molecule has 1 unspecified atom stereocenters.